The minimum absolute atomic E-state index is 0.151. The van der Waals surface area contributed by atoms with E-state index in [9.17, 15) is 9.59 Å². The van der Waals surface area contributed by atoms with Gasteiger partial charge in [-0.15, -0.1) is 11.3 Å². The van der Waals surface area contributed by atoms with E-state index in [-0.39, 0.29) is 17.7 Å². The highest BCUT2D eigenvalue weighted by molar-refractivity contribution is 7.10. The molecule has 0 radical (unpaired) electrons. The highest BCUT2D eigenvalue weighted by atomic mass is 32.1. The van der Waals surface area contributed by atoms with Crippen LogP contribution in [0.25, 0.3) is 0 Å². The predicted octanol–water partition coefficient (Wildman–Crippen LogP) is 2.65. The summed E-state index contributed by atoms with van der Waals surface area (Å²) < 4.78 is 0. The molecule has 0 bridgehead atoms. The zero-order valence-corrected chi connectivity index (χ0v) is 16.4. The van der Waals surface area contributed by atoms with Crippen molar-refractivity contribution in [3.8, 4) is 0 Å². The molecule has 2 amide bonds. The predicted molar refractivity (Wildman–Crippen MR) is 103 cm³/mol. The maximum Gasteiger partial charge on any atom is 0.254 e. The summed E-state index contributed by atoms with van der Waals surface area (Å²) in [5.41, 5.74) is 0.834. The van der Waals surface area contributed by atoms with E-state index in [1.165, 1.54) is 4.88 Å². The molecule has 2 saturated heterocycles. The van der Waals surface area contributed by atoms with Crippen molar-refractivity contribution in [1.82, 2.24) is 15.1 Å². The van der Waals surface area contributed by atoms with Gasteiger partial charge in [0.25, 0.3) is 5.91 Å². The largest absolute Gasteiger partial charge is 0.353 e. The molecule has 0 spiro atoms. The number of carbonyl (C=O) groups is 2. The van der Waals surface area contributed by atoms with Crippen molar-refractivity contribution < 1.29 is 9.59 Å². The average molecular weight is 376 g/mol. The molecule has 1 unspecified atom stereocenters. The number of nitrogens with one attached hydrogen (secondary N) is 1. The lowest BCUT2D eigenvalue weighted by Crippen LogP contribution is -2.51. The number of thiophene rings is 1. The molecular weight excluding hydrogens is 346 g/mol. The molecule has 2 aliphatic heterocycles. The summed E-state index contributed by atoms with van der Waals surface area (Å²) >= 11 is 1.64. The van der Waals surface area contributed by atoms with E-state index in [1.807, 2.05) is 23.3 Å². The number of aryl methyl sites for hydroxylation is 1. The Balaban J connectivity index is 1.28. The summed E-state index contributed by atoms with van der Waals surface area (Å²) in [5, 5.41) is 5.14. The molecule has 5 nitrogen and oxygen atoms in total. The van der Waals surface area contributed by atoms with Crippen LogP contribution in [0.1, 0.15) is 53.8 Å². The van der Waals surface area contributed by atoms with Gasteiger partial charge in [0.1, 0.15) is 0 Å². The van der Waals surface area contributed by atoms with Gasteiger partial charge in [0, 0.05) is 42.0 Å². The van der Waals surface area contributed by atoms with E-state index >= 15 is 0 Å². The molecule has 1 aromatic heterocycles. The van der Waals surface area contributed by atoms with E-state index in [1.54, 1.807) is 11.3 Å². The zero-order valence-electron chi connectivity index (χ0n) is 15.6. The number of likely N-dealkylation sites (tertiary alicyclic amines) is 2. The number of nitrogens with zero attached hydrogens (tertiary/aromatic N) is 2. The summed E-state index contributed by atoms with van der Waals surface area (Å²) in [6, 6.07) is 2.96. The lowest BCUT2D eigenvalue weighted by molar-refractivity contribution is -0.127. The molecule has 1 aromatic rings. The van der Waals surface area contributed by atoms with Crippen LogP contribution >= 0.6 is 11.3 Å². The van der Waals surface area contributed by atoms with Crippen molar-refractivity contribution in [2.24, 2.45) is 5.92 Å². The van der Waals surface area contributed by atoms with Crippen LogP contribution in [0, 0.1) is 12.8 Å². The molecule has 0 aromatic carbocycles. The van der Waals surface area contributed by atoms with Gasteiger partial charge in [0.2, 0.25) is 5.91 Å². The summed E-state index contributed by atoms with van der Waals surface area (Å²) in [5.74, 6) is 0.587. The third-order valence-corrected chi connectivity index (χ3v) is 6.85. The van der Waals surface area contributed by atoms with Crippen LogP contribution in [0.15, 0.2) is 11.4 Å². The molecular formula is C20H29N3O2S. The van der Waals surface area contributed by atoms with Crippen molar-refractivity contribution in [3.63, 3.8) is 0 Å². The van der Waals surface area contributed by atoms with Gasteiger partial charge in [-0.1, -0.05) is 0 Å². The van der Waals surface area contributed by atoms with Crippen LogP contribution in [0.3, 0.4) is 0 Å². The topological polar surface area (TPSA) is 52.7 Å². The number of carbonyl (C=O) groups excluding carboxylic acids is 2. The molecule has 3 heterocycles. The first-order valence-electron chi connectivity index (χ1n) is 9.99. The Morgan fingerprint density at radius 1 is 1.12 bits per heavy atom. The standard InChI is InChI=1S/C20H29N3O2S/c1-14-11-16(13-26-14)20(25)22-9-6-18(7-10-22)23-8-2-3-15(12-23)19(24)21-17-4-5-17/h11,13,15,17-18H,2-10,12H2,1H3,(H,21,24). The summed E-state index contributed by atoms with van der Waals surface area (Å²) in [6.07, 6.45) is 6.47. The molecule has 1 N–H and O–H groups in total. The zero-order chi connectivity index (χ0) is 18.1. The van der Waals surface area contributed by atoms with Crippen LogP contribution in [0.5, 0.6) is 0 Å². The number of hydrogen-bond donors (Lipinski definition) is 1. The van der Waals surface area contributed by atoms with E-state index in [0.717, 1.165) is 70.3 Å². The van der Waals surface area contributed by atoms with Gasteiger partial charge in [0.05, 0.1) is 11.5 Å². The van der Waals surface area contributed by atoms with E-state index < -0.39 is 0 Å². The molecule has 3 aliphatic rings. The Labute approximate surface area is 159 Å². The fraction of sp³-hybridized carbons (Fsp3) is 0.700. The number of hydrogen-bond acceptors (Lipinski definition) is 4. The third kappa shape index (κ3) is 4.12. The van der Waals surface area contributed by atoms with Crippen molar-refractivity contribution in [2.45, 2.75) is 57.5 Å². The van der Waals surface area contributed by atoms with Crippen LogP contribution in [0.4, 0.5) is 0 Å². The van der Waals surface area contributed by atoms with E-state index in [4.69, 9.17) is 0 Å². The molecule has 1 aliphatic carbocycles. The highest BCUT2D eigenvalue weighted by Gasteiger charge is 2.34. The number of rotatable bonds is 4. The quantitative estimate of drug-likeness (QED) is 0.880. The lowest BCUT2D eigenvalue weighted by atomic mass is 9.93. The second-order valence-corrected chi connectivity index (χ2v) is 9.20. The summed E-state index contributed by atoms with van der Waals surface area (Å²) in [6.45, 7) is 5.68. The maximum atomic E-state index is 12.6. The Morgan fingerprint density at radius 2 is 1.88 bits per heavy atom. The molecule has 3 fully saturated rings. The Kier molecular flexibility index (Phi) is 5.32. The van der Waals surface area contributed by atoms with Crippen molar-refractivity contribution >= 4 is 23.2 Å². The molecule has 1 atom stereocenters. The SMILES string of the molecule is Cc1cc(C(=O)N2CCC(N3CCCC(C(=O)NC4CC4)C3)CC2)cs1. The second-order valence-electron chi connectivity index (χ2n) is 8.09. The van der Waals surface area contributed by atoms with Gasteiger partial charge >= 0.3 is 0 Å². The van der Waals surface area contributed by atoms with Gasteiger partial charge in [-0.2, -0.15) is 0 Å². The average Bonchev–Trinajstić information content (AvgIpc) is 3.38. The fourth-order valence-corrected chi connectivity index (χ4v) is 4.95. The molecule has 6 heteroatoms. The third-order valence-electron chi connectivity index (χ3n) is 5.99. The maximum absolute atomic E-state index is 12.6. The van der Waals surface area contributed by atoms with Gasteiger partial charge < -0.3 is 10.2 Å². The Bertz CT molecular complexity index is 662. The van der Waals surface area contributed by atoms with E-state index in [2.05, 4.69) is 10.2 Å². The van der Waals surface area contributed by atoms with Crippen molar-refractivity contribution in [2.75, 3.05) is 26.2 Å². The fourth-order valence-electron chi connectivity index (χ4n) is 4.27. The van der Waals surface area contributed by atoms with Gasteiger partial charge in [-0.3, -0.25) is 14.5 Å². The lowest BCUT2D eigenvalue weighted by Gasteiger charge is -2.42. The minimum atomic E-state index is 0.151. The van der Waals surface area contributed by atoms with Crippen LogP contribution in [-0.4, -0.2) is 59.9 Å². The molecule has 26 heavy (non-hydrogen) atoms. The molecule has 142 valence electrons. The first-order valence-corrected chi connectivity index (χ1v) is 10.9. The Hall–Kier alpha value is -1.40. The molecule has 1 saturated carbocycles. The van der Waals surface area contributed by atoms with Gasteiger partial charge in [-0.25, -0.2) is 0 Å². The second kappa shape index (κ2) is 7.69. The van der Waals surface area contributed by atoms with Crippen molar-refractivity contribution in [3.05, 3.63) is 21.9 Å². The first kappa shape index (κ1) is 18.0. The van der Waals surface area contributed by atoms with E-state index in [0.29, 0.717) is 12.1 Å². The summed E-state index contributed by atoms with van der Waals surface area (Å²) in [7, 11) is 0. The first-order chi connectivity index (χ1) is 12.6. The number of piperidine rings is 2. The smallest absolute Gasteiger partial charge is 0.254 e. The monoisotopic (exact) mass is 375 g/mol. The van der Waals surface area contributed by atoms with Crippen LogP contribution < -0.4 is 5.32 Å². The van der Waals surface area contributed by atoms with Gasteiger partial charge in [-0.05, 0) is 58.1 Å². The molecule has 4 rings (SSSR count). The van der Waals surface area contributed by atoms with Crippen LogP contribution in [0.2, 0.25) is 0 Å². The van der Waals surface area contributed by atoms with Crippen molar-refractivity contribution in [1.29, 1.82) is 0 Å². The number of amides is 2. The van der Waals surface area contributed by atoms with Crippen LogP contribution in [-0.2, 0) is 4.79 Å². The normalized spacial score (nSPS) is 25.3. The minimum Gasteiger partial charge on any atom is -0.353 e. The van der Waals surface area contributed by atoms with Gasteiger partial charge in [0.15, 0.2) is 0 Å². The summed E-state index contributed by atoms with van der Waals surface area (Å²) in [4.78, 5) is 30.7. The Morgan fingerprint density at radius 3 is 2.54 bits per heavy atom. The highest BCUT2D eigenvalue weighted by Crippen LogP contribution is 2.26.